The molecule has 0 atom stereocenters. The summed E-state index contributed by atoms with van der Waals surface area (Å²) in [4.78, 5) is 25.7. The third-order valence-electron chi connectivity index (χ3n) is 2.03. The van der Waals surface area contributed by atoms with E-state index in [4.69, 9.17) is 5.11 Å². The normalized spacial score (nSPS) is 9.94. The first-order chi connectivity index (χ1) is 8.09. The van der Waals surface area contributed by atoms with E-state index >= 15 is 0 Å². The van der Waals surface area contributed by atoms with Crippen LogP contribution in [0.15, 0.2) is 18.3 Å². The van der Waals surface area contributed by atoms with Crippen LogP contribution in [0.3, 0.4) is 0 Å². The predicted molar refractivity (Wildman–Crippen MR) is 65.8 cm³/mol. The lowest BCUT2D eigenvalue weighted by Gasteiger charge is -2.06. The summed E-state index contributed by atoms with van der Waals surface area (Å²) in [6.07, 6.45) is 1.67. The summed E-state index contributed by atoms with van der Waals surface area (Å²) in [5, 5.41) is 11.1. The van der Waals surface area contributed by atoms with Gasteiger partial charge in [0.1, 0.15) is 0 Å². The van der Waals surface area contributed by atoms with Crippen molar-refractivity contribution in [2.75, 3.05) is 11.5 Å². The molecule has 0 aliphatic heterocycles. The van der Waals surface area contributed by atoms with Crippen molar-refractivity contribution in [2.24, 2.45) is 0 Å². The molecule has 1 rings (SSSR count). The van der Waals surface area contributed by atoms with Crippen LogP contribution < -0.4 is 5.32 Å². The fourth-order valence-corrected chi connectivity index (χ4v) is 1.73. The molecule has 0 aliphatic carbocycles. The monoisotopic (exact) mass is 254 g/mol. The van der Waals surface area contributed by atoms with Gasteiger partial charge in [-0.3, -0.25) is 14.6 Å². The second kappa shape index (κ2) is 6.90. The maximum Gasteiger partial charge on any atom is 0.313 e. The SMILES string of the molecule is Cc1cccnc1CNC(=O)CSCC(=O)O. The Labute approximate surface area is 104 Å². The van der Waals surface area contributed by atoms with Crippen molar-refractivity contribution in [1.82, 2.24) is 10.3 Å². The molecule has 0 fully saturated rings. The van der Waals surface area contributed by atoms with Crippen molar-refractivity contribution in [1.29, 1.82) is 0 Å². The van der Waals surface area contributed by atoms with E-state index < -0.39 is 5.97 Å². The van der Waals surface area contributed by atoms with Crippen molar-refractivity contribution in [3.05, 3.63) is 29.6 Å². The maximum atomic E-state index is 11.4. The molecule has 1 heterocycles. The van der Waals surface area contributed by atoms with Crippen LogP contribution in [0.25, 0.3) is 0 Å². The number of aryl methyl sites for hydroxylation is 1. The molecule has 0 spiro atoms. The van der Waals surface area contributed by atoms with Gasteiger partial charge in [-0.2, -0.15) is 0 Å². The molecular weight excluding hydrogens is 240 g/mol. The van der Waals surface area contributed by atoms with Crippen LogP contribution in [0, 0.1) is 6.92 Å². The Hall–Kier alpha value is -1.56. The molecular formula is C11H14N2O3S. The maximum absolute atomic E-state index is 11.4. The largest absolute Gasteiger partial charge is 0.481 e. The summed E-state index contributed by atoms with van der Waals surface area (Å²) >= 11 is 1.08. The molecule has 1 amide bonds. The summed E-state index contributed by atoms with van der Waals surface area (Å²) in [5.41, 5.74) is 1.84. The Morgan fingerprint density at radius 2 is 2.24 bits per heavy atom. The highest BCUT2D eigenvalue weighted by Crippen LogP contribution is 2.03. The number of nitrogens with zero attached hydrogens (tertiary/aromatic N) is 1. The van der Waals surface area contributed by atoms with Gasteiger partial charge < -0.3 is 10.4 Å². The Kier molecular flexibility index (Phi) is 5.48. The zero-order chi connectivity index (χ0) is 12.7. The van der Waals surface area contributed by atoms with E-state index in [0.29, 0.717) is 6.54 Å². The summed E-state index contributed by atoms with van der Waals surface area (Å²) in [6.45, 7) is 2.30. The average molecular weight is 254 g/mol. The first-order valence-electron chi connectivity index (χ1n) is 5.06. The standard InChI is InChI=1S/C11H14N2O3S/c1-8-3-2-4-12-9(8)5-13-10(14)6-17-7-11(15)16/h2-4H,5-7H2,1H3,(H,13,14)(H,15,16). The Bertz CT molecular complexity index is 409. The zero-order valence-electron chi connectivity index (χ0n) is 9.47. The topological polar surface area (TPSA) is 79.3 Å². The molecule has 0 bridgehead atoms. The van der Waals surface area contributed by atoms with Crippen LogP contribution in [0.2, 0.25) is 0 Å². The van der Waals surface area contributed by atoms with Crippen LogP contribution in [-0.4, -0.2) is 33.5 Å². The van der Waals surface area contributed by atoms with Gasteiger partial charge >= 0.3 is 5.97 Å². The minimum Gasteiger partial charge on any atom is -0.481 e. The van der Waals surface area contributed by atoms with Gasteiger partial charge in [-0.15, -0.1) is 11.8 Å². The van der Waals surface area contributed by atoms with Gasteiger partial charge in [-0.25, -0.2) is 0 Å². The molecule has 0 saturated carbocycles. The molecule has 0 radical (unpaired) electrons. The molecule has 1 aromatic rings. The number of carboxylic acids is 1. The smallest absolute Gasteiger partial charge is 0.313 e. The Morgan fingerprint density at radius 1 is 1.47 bits per heavy atom. The van der Waals surface area contributed by atoms with Crippen LogP contribution in [0.1, 0.15) is 11.3 Å². The molecule has 0 saturated heterocycles. The quantitative estimate of drug-likeness (QED) is 0.786. The number of carboxylic acid groups (broad SMARTS) is 1. The second-order valence-corrected chi connectivity index (χ2v) is 4.42. The number of rotatable bonds is 6. The highest BCUT2D eigenvalue weighted by Gasteiger charge is 2.05. The number of pyridine rings is 1. The number of carbonyl (C=O) groups is 2. The van der Waals surface area contributed by atoms with Crippen LogP contribution in [0.4, 0.5) is 0 Å². The van der Waals surface area contributed by atoms with Crippen molar-refractivity contribution in [3.63, 3.8) is 0 Å². The van der Waals surface area contributed by atoms with Crippen molar-refractivity contribution in [3.8, 4) is 0 Å². The summed E-state index contributed by atoms with van der Waals surface area (Å²) in [7, 11) is 0. The van der Waals surface area contributed by atoms with Gasteiger partial charge in [0.05, 0.1) is 23.7 Å². The Balaban J connectivity index is 2.29. The van der Waals surface area contributed by atoms with Crippen LogP contribution in [-0.2, 0) is 16.1 Å². The van der Waals surface area contributed by atoms with E-state index in [2.05, 4.69) is 10.3 Å². The number of hydrogen-bond donors (Lipinski definition) is 2. The van der Waals surface area contributed by atoms with Gasteiger partial charge in [-0.05, 0) is 18.6 Å². The number of aliphatic carboxylic acids is 1. The third-order valence-corrected chi connectivity index (χ3v) is 2.95. The van der Waals surface area contributed by atoms with E-state index in [1.807, 2.05) is 19.1 Å². The summed E-state index contributed by atoms with van der Waals surface area (Å²) in [5.74, 6) is -1.00. The number of nitrogens with one attached hydrogen (secondary N) is 1. The lowest BCUT2D eigenvalue weighted by Crippen LogP contribution is -2.25. The fraction of sp³-hybridized carbons (Fsp3) is 0.364. The van der Waals surface area contributed by atoms with E-state index in [9.17, 15) is 9.59 Å². The molecule has 2 N–H and O–H groups in total. The van der Waals surface area contributed by atoms with E-state index in [-0.39, 0.29) is 17.4 Å². The number of thioether (sulfide) groups is 1. The first-order valence-corrected chi connectivity index (χ1v) is 6.22. The molecule has 92 valence electrons. The van der Waals surface area contributed by atoms with Gasteiger partial charge in [0.15, 0.2) is 0 Å². The molecule has 0 aliphatic rings. The summed E-state index contributed by atoms with van der Waals surface area (Å²) < 4.78 is 0. The second-order valence-electron chi connectivity index (χ2n) is 3.43. The minimum atomic E-state index is -0.914. The molecule has 17 heavy (non-hydrogen) atoms. The lowest BCUT2D eigenvalue weighted by atomic mass is 10.2. The van der Waals surface area contributed by atoms with Crippen molar-refractivity contribution in [2.45, 2.75) is 13.5 Å². The number of amides is 1. The van der Waals surface area contributed by atoms with Crippen molar-refractivity contribution < 1.29 is 14.7 Å². The molecule has 0 aromatic carbocycles. The zero-order valence-corrected chi connectivity index (χ0v) is 10.3. The number of hydrogen-bond acceptors (Lipinski definition) is 4. The predicted octanol–water partition coefficient (Wildman–Crippen LogP) is 0.824. The van der Waals surface area contributed by atoms with Crippen molar-refractivity contribution >= 4 is 23.6 Å². The highest BCUT2D eigenvalue weighted by molar-refractivity contribution is 8.00. The average Bonchev–Trinajstić information content (AvgIpc) is 2.27. The van der Waals surface area contributed by atoms with Gasteiger partial charge in [-0.1, -0.05) is 6.07 Å². The minimum absolute atomic E-state index is 0.0595. The van der Waals surface area contributed by atoms with Gasteiger partial charge in [0.25, 0.3) is 0 Å². The third kappa shape index (κ3) is 5.35. The lowest BCUT2D eigenvalue weighted by molar-refractivity contribution is -0.133. The molecule has 5 nitrogen and oxygen atoms in total. The van der Waals surface area contributed by atoms with Gasteiger partial charge in [0, 0.05) is 6.20 Å². The number of aromatic nitrogens is 1. The van der Waals surface area contributed by atoms with E-state index in [1.165, 1.54) is 0 Å². The molecule has 6 heteroatoms. The van der Waals surface area contributed by atoms with E-state index in [0.717, 1.165) is 23.0 Å². The fourth-order valence-electron chi connectivity index (χ4n) is 1.17. The van der Waals surface area contributed by atoms with E-state index in [1.54, 1.807) is 6.20 Å². The Morgan fingerprint density at radius 3 is 2.88 bits per heavy atom. The molecule has 1 aromatic heterocycles. The summed E-state index contributed by atoms with van der Waals surface area (Å²) in [6, 6.07) is 3.76. The van der Waals surface area contributed by atoms with Crippen LogP contribution >= 0.6 is 11.8 Å². The van der Waals surface area contributed by atoms with Gasteiger partial charge in [0.2, 0.25) is 5.91 Å². The first kappa shape index (κ1) is 13.5. The molecule has 0 unspecified atom stereocenters. The number of carbonyl (C=O) groups excluding carboxylic acids is 1. The van der Waals surface area contributed by atoms with Crippen LogP contribution in [0.5, 0.6) is 0 Å². The highest BCUT2D eigenvalue weighted by atomic mass is 32.2.